The average molecular weight is 249 g/mol. The van der Waals surface area contributed by atoms with Crippen LogP contribution in [0.25, 0.3) is 0 Å². The van der Waals surface area contributed by atoms with Crippen LogP contribution in [0.5, 0.6) is 0 Å². The van der Waals surface area contributed by atoms with Crippen molar-refractivity contribution in [1.29, 1.82) is 0 Å². The van der Waals surface area contributed by atoms with Crippen LogP contribution in [-0.2, 0) is 6.42 Å². The highest BCUT2D eigenvalue weighted by molar-refractivity contribution is 5.54. The molecule has 0 aliphatic carbocycles. The fourth-order valence-electron chi connectivity index (χ4n) is 2.50. The van der Waals surface area contributed by atoms with Gasteiger partial charge in [0.05, 0.1) is 0 Å². The Kier molecular flexibility index (Phi) is 6.16. The summed E-state index contributed by atoms with van der Waals surface area (Å²) in [6.07, 6.45) is 0.946. The number of likely N-dealkylation sites (N-methyl/N-ethyl adjacent to an activating group) is 2. The molecule has 0 aliphatic heterocycles. The monoisotopic (exact) mass is 249 g/mol. The first-order valence-corrected chi connectivity index (χ1v) is 6.79. The van der Waals surface area contributed by atoms with Crippen LogP contribution in [0.1, 0.15) is 19.4 Å². The van der Waals surface area contributed by atoms with Crippen LogP contribution < -0.4 is 10.6 Å². The Morgan fingerprint density at radius 2 is 1.89 bits per heavy atom. The van der Waals surface area contributed by atoms with E-state index < -0.39 is 0 Å². The Hall–Kier alpha value is -1.06. The maximum absolute atomic E-state index is 5.70. The molecule has 1 atom stereocenters. The van der Waals surface area contributed by atoms with E-state index in [0.29, 0.717) is 12.6 Å². The van der Waals surface area contributed by atoms with Gasteiger partial charge in [0.25, 0.3) is 0 Å². The van der Waals surface area contributed by atoms with Crippen molar-refractivity contribution < 1.29 is 0 Å². The van der Waals surface area contributed by atoms with Crippen LogP contribution in [-0.4, -0.2) is 44.7 Å². The minimum Gasteiger partial charge on any atom is -0.368 e. The van der Waals surface area contributed by atoms with Gasteiger partial charge in [-0.3, -0.25) is 0 Å². The third kappa shape index (κ3) is 4.00. The molecule has 0 fully saturated rings. The summed E-state index contributed by atoms with van der Waals surface area (Å²) in [6, 6.07) is 9.11. The highest BCUT2D eigenvalue weighted by atomic mass is 15.2. The lowest BCUT2D eigenvalue weighted by Crippen LogP contribution is -2.40. The third-order valence-electron chi connectivity index (χ3n) is 3.22. The van der Waals surface area contributed by atoms with Crippen molar-refractivity contribution in [3.63, 3.8) is 0 Å². The van der Waals surface area contributed by atoms with Crippen LogP contribution in [0, 0.1) is 0 Å². The molecule has 0 saturated carbocycles. The Balaban J connectivity index is 2.93. The third-order valence-corrected chi connectivity index (χ3v) is 3.22. The molecular formula is C15H27N3. The van der Waals surface area contributed by atoms with Gasteiger partial charge >= 0.3 is 0 Å². The van der Waals surface area contributed by atoms with E-state index >= 15 is 0 Å². The number of benzene rings is 1. The molecule has 0 saturated heterocycles. The highest BCUT2D eigenvalue weighted by Gasteiger charge is 2.15. The molecule has 0 radical (unpaired) electrons. The van der Waals surface area contributed by atoms with Gasteiger partial charge < -0.3 is 15.5 Å². The quantitative estimate of drug-likeness (QED) is 0.802. The average Bonchev–Trinajstić information content (AvgIpc) is 2.31. The van der Waals surface area contributed by atoms with Gasteiger partial charge in [-0.15, -0.1) is 0 Å². The molecule has 0 heterocycles. The second-order valence-corrected chi connectivity index (χ2v) is 5.06. The van der Waals surface area contributed by atoms with Gasteiger partial charge in [-0.25, -0.2) is 0 Å². The van der Waals surface area contributed by atoms with E-state index in [1.165, 1.54) is 11.3 Å². The number of anilines is 1. The van der Waals surface area contributed by atoms with Crippen molar-refractivity contribution >= 4 is 5.69 Å². The van der Waals surface area contributed by atoms with Gasteiger partial charge in [0.2, 0.25) is 0 Å². The van der Waals surface area contributed by atoms with Gasteiger partial charge in [-0.2, -0.15) is 0 Å². The van der Waals surface area contributed by atoms with Crippen LogP contribution in [0.3, 0.4) is 0 Å². The molecule has 1 aromatic carbocycles. The Morgan fingerprint density at radius 1 is 1.22 bits per heavy atom. The Labute approximate surface area is 112 Å². The SMILES string of the molecule is CCN(c1ccccc1CCN)C(C)CN(C)C. The lowest BCUT2D eigenvalue weighted by molar-refractivity contribution is 0.372. The van der Waals surface area contributed by atoms with Gasteiger partial charge in [-0.05, 0) is 52.5 Å². The summed E-state index contributed by atoms with van der Waals surface area (Å²) in [5.74, 6) is 0. The van der Waals surface area contributed by atoms with Crippen molar-refractivity contribution in [2.45, 2.75) is 26.3 Å². The molecule has 0 spiro atoms. The normalized spacial score (nSPS) is 12.8. The number of rotatable bonds is 7. The van der Waals surface area contributed by atoms with Crippen molar-refractivity contribution in [1.82, 2.24) is 4.90 Å². The molecular weight excluding hydrogens is 222 g/mol. The molecule has 1 unspecified atom stereocenters. The van der Waals surface area contributed by atoms with Gasteiger partial charge in [0.15, 0.2) is 0 Å². The van der Waals surface area contributed by atoms with Gasteiger partial charge in [0, 0.05) is 24.8 Å². The van der Waals surface area contributed by atoms with Crippen molar-refractivity contribution in [3.8, 4) is 0 Å². The van der Waals surface area contributed by atoms with E-state index in [1.807, 2.05) is 0 Å². The second kappa shape index (κ2) is 7.39. The van der Waals surface area contributed by atoms with Gasteiger partial charge in [-0.1, -0.05) is 18.2 Å². The molecule has 0 aromatic heterocycles. The smallest absolute Gasteiger partial charge is 0.0401 e. The minimum absolute atomic E-state index is 0.504. The van der Waals surface area contributed by atoms with E-state index in [2.05, 4.69) is 62.0 Å². The molecule has 2 N–H and O–H groups in total. The lowest BCUT2D eigenvalue weighted by Gasteiger charge is -2.33. The van der Waals surface area contributed by atoms with Crippen molar-refractivity contribution in [3.05, 3.63) is 29.8 Å². The molecule has 1 aromatic rings. The number of nitrogens with zero attached hydrogens (tertiary/aromatic N) is 2. The molecule has 0 bridgehead atoms. The first kappa shape index (κ1) is 15.0. The maximum atomic E-state index is 5.70. The molecule has 18 heavy (non-hydrogen) atoms. The van der Waals surface area contributed by atoms with E-state index in [0.717, 1.165) is 19.5 Å². The Morgan fingerprint density at radius 3 is 2.44 bits per heavy atom. The number of para-hydroxylation sites is 1. The first-order chi connectivity index (χ1) is 8.60. The predicted octanol–water partition coefficient (Wildman–Crippen LogP) is 1.96. The standard InChI is InChI=1S/C15H27N3/c1-5-18(13(2)12-17(3)4)15-9-7-6-8-14(15)10-11-16/h6-9,13H,5,10-12,16H2,1-4H3. The summed E-state index contributed by atoms with van der Waals surface area (Å²) >= 11 is 0. The molecule has 0 aliphatic rings. The van der Waals surface area contributed by atoms with Crippen LogP contribution in [0.2, 0.25) is 0 Å². The summed E-state index contributed by atoms with van der Waals surface area (Å²) < 4.78 is 0. The largest absolute Gasteiger partial charge is 0.368 e. The minimum atomic E-state index is 0.504. The fraction of sp³-hybridized carbons (Fsp3) is 0.600. The van der Waals surface area contributed by atoms with E-state index in [9.17, 15) is 0 Å². The van der Waals surface area contributed by atoms with E-state index in [1.54, 1.807) is 0 Å². The van der Waals surface area contributed by atoms with E-state index in [4.69, 9.17) is 5.73 Å². The molecule has 1 rings (SSSR count). The lowest BCUT2D eigenvalue weighted by atomic mass is 10.1. The maximum Gasteiger partial charge on any atom is 0.0401 e. The first-order valence-electron chi connectivity index (χ1n) is 6.79. The fourth-order valence-corrected chi connectivity index (χ4v) is 2.50. The summed E-state index contributed by atoms with van der Waals surface area (Å²) in [4.78, 5) is 4.70. The summed E-state index contributed by atoms with van der Waals surface area (Å²) in [5, 5.41) is 0. The number of hydrogen-bond acceptors (Lipinski definition) is 3. The zero-order valence-corrected chi connectivity index (χ0v) is 12.2. The topological polar surface area (TPSA) is 32.5 Å². The molecule has 0 amide bonds. The summed E-state index contributed by atoms with van der Waals surface area (Å²) in [7, 11) is 4.24. The summed E-state index contributed by atoms with van der Waals surface area (Å²) in [5.41, 5.74) is 8.39. The van der Waals surface area contributed by atoms with Gasteiger partial charge in [0.1, 0.15) is 0 Å². The molecule has 102 valence electrons. The van der Waals surface area contributed by atoms with E-state index in [-0.39, 0.29) is 0 Å². The zero-order chi connectivity index (χ0) is 13.5. The van der Waals surface area contributed by atoms with Crippen LogP contribution >= 0.6 is 0 Å². The van der Waals surface area contributed by atoms with Crippen LogP contribution in [0.15, 0.2) is 24.3 Å². The van der Waals surface area contributed by atoms with Crippen LogP contribution in [0.4, 0.5) is 5.69 Å². The Bertz CT molecular complexity index is 349. The molecule has 3 nitrogen and oxygen atoms in total. The van der Waals surface area contributed by atoms with Crippen molar-refractivity contribution in [2.75, 3.05) is 38.6 Å². The predicted molar refractivity (Wildman–Crippen MR) is 80.2 cm³/mol. The van der Waals surface area contributed by atoms with Crippen molar-refractivity contribution in [2.24, 2.45) is 5.73 Å². The highest BCUT2D eigenvalue weighted by Crippen LogP contribution is 2.22. The number of nitrogens with two attached hydrogens (primary N) is 1. The second-order valence-electron chi connectivity index (χ2n) is 5.06. The summed E-state index contributed by atoms with van der Waals surface area (Å²) in [6.45, 7) is 7.28. The number of hydrogen-bond donors (Lipinski definition) is 1. The molecule has 3 heteroatoms. The zero-order valence-electron chi connectivity index (χ0n) is 12.2.